The first-order chi connectivity index (χ1) is 54.9. The van der Waals surface area contributed by atoms with Crippen LogP contribution in [0.1, 0.15) is 57.3 Å². The highest BCUT2D eigenvalue weighted by atomic mass is 79.9. The smallest absolute Gasteiger partial charge is 0.338 e. The molecule has 6 unspecified atom stereocenters. The molecule has 1 amide bonds. The number of ether oxygens (including phenoxy) is 4. The first kappa shape index (κ1) is 104. The van der Waals surface area contributed by atoms with Gasteiger partial charge in [-0.2, -0.15) is 153 Å². The van der Waals surface area contributed by atoms with Gasteiger partial charge in [0.15, 0.2) is 0 Å². The quantitative estimate of drug-likeness (QED) is 0.0921. The Labute approximate surface area is 777 Å². The Bertz CT molecular complexity index is 3540. The molecule has 0 aromatic heterocycles. The van der Waals surface area contributed by atoms with Crippen molar-refractivity contribution in [1.82, 2.24) is 0 Å². The lowest BCUT2D eigenvalue weighted by Gasteiger charge is -2.21. The van der Waals surface area contributed by atoms with E-state index in [1.165, 1.54) is 123 Å². The first-order valence-corrected chi connectivity index (χ1v) is 57.7. The standard InChI is InChI=1S/C14H16O2S2.C13H12Br3NOS2.C13H14O2S2.C13H16OS2.C9H14O2S2.C9H16S2.C8H14S2.C7H12S2/c1-11-7-17-9-13(10-18-8-11)16-14(15)12-5-3-2-4-6-12;1-7-4-19-6-11(20-5-7)13(18)17-12-9(15)2-8(14)3-10(12)16;1-10-7-16-9-12(17-8-10)13(14)15-11-5-3-2-4-6-11;1-11-8-15-10-13(16-9-11)7-14-12-5-3-2-4-6-12;1-7-3-12-5-9(6-13-4-7)11-8(2)10;1-7-5-10-8(2)4-9(3)11-6-7;1-7-5-9-4-3-8(2)10-6-7;1-7-5-8-3-2-4-9-6-7/h2-6,13H,1,7-10H2;2-3,11H,1,4-6H2,(H,17,18);2-6,12H,1,7-9H2;2-6,13H,1,7-10H2;9H,1,3-6H2,2H3;8-9H,1,4-6H2,2-3H3;8H,1,3-6H2,2H3;1-6H2. The van der Waals surface area contributed by atoms with E-state index in [1.54, 1.807) is 118 Å². The topological polar surface area (TPSA) is 117 Å². The Morgan fingerprint density at radius 1 is 0.421 bits per heavy atom. The van der Waals surface area contributed by atoms with Crippen LogP contribution in [0, 0.1) is 0 Å². The lowest BCUT2D eigenvalue weighted by molar-refractivity contribution is -0.144. The van der Waals surface area contributed by atoms with Gasteiger partial charge in [0.1, 0.15) is 35.6 Å². The second-order valence-corrected chi connectivity index (χ2v) is 48.4. The third-order valence-electron chi connectivity index (χ3n) is 15.8. The zero-order chi connectivity index (χ0) is 82.7. The Morgan fingerprint density at radius 3 is 1.29 bits per heavy atom. The second-order valence-electron chi connectivity index (χ2n) is 27.3. The fourth-order valence-corrected chi connectivity index (χ4v) is 30.7. The van der Waals surface area contributed by atoms with Crippen LogP contribution in [-0.4, -0.2) is 224 Å². The number of anilines is 1. The molecule has 4 aromatic rings. The Hall–Kier alpha value is -0.480. The normalized spacial score (nSPS) is 22.4. The van der Waals surface area contributed by atoms with Gasteiger partial charge in [-0.1, -0.05) is 189 Å². The summed E-state index contributed by atoms with van der Waals surface area (Å²) in [6, 6.07) is 32.2. The van der Waals surface area contributed by atoms with Gasteiger partial charge in [-0.25, -0.2) is 4.79 Å². The van der Waals surface area contributed by atoms with E-state index < -0.39 is 0 Å². The first-order valence-electron chi connectivity index (χ1n) is 37.5. The molecule has 1 N–H and O–H groups in total. The van der Waals surface area contributed by atoms with Crippen molar-refractivity contribution in [3.8, 4) is 11.5 Å². The molecule has 8 saturated heterocycles. The van der Waals surface area contributed by atoms with E-state index in [9.17, 15) is 19.2 Å². The fraction of sp³-hybridized carbons (Fsp3) is 0.488. The van der Waals surface area contributed by atoms with Gasteiger partial charge in [0.05, 0.1) is 16.5 Å². The largest absolute Gasteiger partial charge is 0.492 e. The molecule has 114 heavy (non-hydrogen) atoms. The van der Waals surface area contributed by atoms with Gasteiger partial charge in [-0.15, -0.1) is 35.3 Å². The minimum absolute atomic E-state index is 0.000746. The molecule has 628 valence electrons. The molecule has 0 spiro atoms. The summed E-state index contributed by atoms with van der Waals surface area (Å²) in [4.78, 5) is 47.0. The third kappa shape index (κ3) is 49.7. The lowest BCUT2D eigenvalue weighted by atomic mass is 10.2. The van der Waals surface area contributed by atoms with Crippen LogP contribution in [0.2, 0.25) is 0 Å². The van der Waals surface area contributed by atoms with E-state index in [2.05, 4.69) is 150 Å². The zero-order valence-electron chi connectivity index (χ0n) is 66.2. The van der Waals surface area contributed by atoms with Crippen molar-refractivity contribution in [2.75, 3.05) is 161 Å². The van der Waals surface area contributed by atoms with Crippen LogP contribution in [0.5, 0.6) is 11.5 Å². The predicted molar refractivity (Wildman–Crippen MR) is 548 cm³/mol. The van der Waals surface area contributed by atoms with Gasteiger partial charge in [0.25, 0.3) is 0 Å². The van der Waals surface area contributed by atoms with Gasteiger partial charge >= 0.3 is 17.9 Å². The molecule has 8 aliphatic heterocycles. The van der Waals surface area contributed by atoms with Gasteiger partial charge in [0, 0.05) is 174 Å². The average Bonchev–Trinajstić information content (AvgIpc) is 1.21. The van der Waals surface area contributed by atoms with Crippen LogP contribution in [-0.2, 0) is 23.9 Å². The fourth-order valence-electron chi connectivity index (χ4n) is 9.96. The summed E-state index contributed by atoms with van der Waals surface area (Å²) in [5.74, 6) is 28.1. The van der Waals surface area contributed by atoms with E-state index in [0.717, 1.165) is 145 Å². The molecule has 12 rings (SSSR count). The number of thioether (sulfide) groups is 16. The van der Waals surface area contributed by atoms with Crippen molar-refractivity contribution in [2.45, 2.75) is 90.7 Å². The number of rotatable bonds is 10. The molecule has 9 nitrogen and oxygen atoms in total. The molecule has 0 saturated carbocycles. The summed E-state index contributed by atoms with van der Waals surface area (Å²) >= 11 is 40.5. The third-order valence-corrected chi connectivity index (χ3v) is 38.3. The zero-order valence-corrected chi connectivity index (χ0v) is 84.1. The summed E-state index contributed by atoms with van der Waals surface area (Å²) < 4.78 is 24.5. The molecular weight excluding hydrogens is 1930 g/mol. The molecule has 8 fully saturated rings. The van der Waals surface area contributed by atoms with Crippen LogP contribution in [0.4, 0.5) is 5.69 Å². The van der Waals surface area contributed by atoms with E-state index in [4.69, 9.17) is 18.9 Å². The lowest BCUT2D eigenvalue weighted by Crippen LogP contribution is -2.27. The van der Waals surface area contributed by atoms with Crippen molar-refractivity contribution in [3.05, 3.63) is 219 Å². The van der Waals surface area contributed by atoms with Crippen LogP contribution < -0.4 is 14.8 Å². The number of nitrogens with one attached hydrogen (secondary N) is 1. The van der Waals surface area contributed by atoms with Gasteiger partial charge in [0.2, 0.25) is 5.91 Å². The number of para-hydroxylation sites is 2. The maximum atomic E-state index is 12.4. The molecule has 4 aromatic carbocycles. The summed E-state index contributed by atoms with van der Waals surface area (Å²) in [5, 5.41) is 5.93. The van der Waals surface area contributed by atoms with Crippen LogP contribution in [0.25, 0.3) is 0 Å². The van der Waals surface area contributed by atoms with Crippen LogP contribution in [0.15, 0.2) is 214 Å². The molecule has 0 aliphatic carbocycles. The number of amides is 1. The number of benzene rings is 4. The Balaban J connectivity index is 0.000000236. The predicted octanol–water partition coefficient (Wildman–Crippen LogP) is 25.4. The molecule has 8 aliphatic rings. The van der Waals surface area contributed by atoms with E-state index in [0.29, 0.717) is 16.6 Å². The van der Waals surface area contributed by atoms with Gasteiger partial charge in [-0.3, -0.25) is 14.4 Å². The summed E-state index contributed by atoms with van der Waals surface area (Å²) in [6.45, 7) is 41.2. The molecule has 6 atom stereocenters. The highest BCUT2D eigenvalue weighted by molar-refractivity contribution is 9.11. The molecule has 0 radical (unpaired) electrons. The summed E-state index contributed by atoms with van der Waals surface area (Å²) in [6.07, 6.45) is 4.18. The maximum Gasteiger partial charge on any atom is 0.338 e. The van der Waals surface area contributed by atoms with Crippen LogP contribution in [0.3, 0.4) is 0 Å². The Morgan fingerprint density at radius 2 is 0.798 bits per heavy atom. The number of carbonyl (C=O) groups excluding carboxylic acids is 4. The minimum atomic E-state index is -0.221. The number of hydrogen-bond donors (Lipinski definition) is 1. The number of halogens is 3. The number of carbonyl (C=O) groups is 4. The summed E-state index contributed by atoms with van der Waals surface area (Å²) in [5.41, 5.74) is 11.9. The van der Waals surface area contributed by atoms with Gasteiger partial charge in [-0.05, 0) is 117 Å². The highest BCUT2D eigenvalue weighted by Crippen LogP contribution is 2.37. The van der Waals surface area contributed by atoms with E-state index in [-0.39, 0.29) is 46.5 Å². The second kappa shape index (κ2) is 63.4. The highest BCUT2D eigenvalue weighted by Gasteiger charge is 2.27. The number of hydrogen-bond acceptors (Lipinski definition) is 24. The molecule has 28 heteroatoms. The Kier molecular flexibility index (Phi) is 57.9. The SMILES string of the molecule is C=C1CSC(C)CC(C)SC1.C=C1CSCC(C(=O)Nc2c(Br)cc(Br)cc2Br)SC1.C=C1CSCC(C(=O)Oc2ccccc2)SC1.C=C1CSCC(COc2ccccc2)SC1.C=C1CSCC(OC(=O)c2ccccc2)CSC1.C=C1CSCC(OC(C)=O)CSC1.C=C1CSCCC(C)SC1.C=C1CSCCCSC1. The van der Waals surface area contributed by atoms with E-state index >= 15 is 0 Å². The van der Waals surface area contributed by atoms with Crippen LogP contribution >= 0.6 is 236 Å². The maximum absolute atomic E-state index is 12.4. The van der Waals surface area contributed by atoms with Crippen molar-refractivity contribution >= 4 is 265 Å². The van der Waals surface area contributed by atoms with Crippen molar-refractivity contribution < 1.29 is 38.1 Å². The molecule has 8 heterocycles. The summed E-state index contributed by atoms with van der Waals surface area (Å²) in [7, 11) is 0. The number of esters is 3. The average molecular weight is 2040 g/mol. The van der Waals surface area contributed by atoms with Gasteiger partial charge < -0.3 is 24.3 Å². The monoisotopic (exact) mass is 2040 g/mol. The van der Waals surface area contributed by atoms with Crippen molar-refractivity contribution in [3.63, 3.8) is 0 Å². The van der Waals surface area contributed by atoms with Crippen molar-refractivity contribution in [1.29, 1.82) is 0 Å². The minimum Gasteiger partial charge on any atom is -0.492 e. The molecular formula is C86H114Br3NO8S16. The van der Waals surface area contributed by atoms with E-state index in [1.807, 2.05) is 149 Å². The molecule has 0 bridgehead atoms. The van der Waals surface area contributed by atoms with Crippen molar-refractivity contribution in [2.24, 2.45) is 0 Å².